The predicted octanol–water partition coefficient (Wildman–Crippen LogP) is 4.20. The third kappa shape index (κ3) is 5.73. The smallest absolute Gasteiger partial charge is 0.229 e. The Labute approximate surface area is 214 Å². The molecule has 1 fully saturated rings. The van der Waals surface area contributed by atoms with Crippen molar-refractivity contribution >= 4 is 57.4 Å². The highest BCUT2D eigenvalue weighted by molar-refractivity contribution is 6.33. The summed E-state index contributed by atoms with van der Waals surface area (Å²) in [4.78, 5) is 33.3. The molecule has 0 radical (unpaired) electrons. The van der Waals surface area contributed by atoms with E-state index in [9.17, 15) is 4.79 Å². The topological polar surface area (TPSA) is 114 Å². The number of rotatable bonds is 7. The molecule has 0 aliphatic carbocycles. The van der Waals surface area contributed by atoms with Crippen molar-refractivity contribution in [2.75, 3.05) is 49.2 Å². The number of para-hydroxylation sites is 2. The molecule has 0 spiro atoms. The van der Waals surface area contributed by atoms with Gasteiger partial charge in [-0.2, -0.15) is 4.98 Å². The summed E-state index contributed by atoms with van der Waals surface area (Å²) in [6, 6.07) is 13.2. The van der Waals surface area contributed by atoms with Crippen LogP contribution in [-0.2, 0) is 11.3 Å². The van der Waals surface area contributed by atoms with Crippen molar-refractivity contribution in [2.45, 2.75) is 13.5 Å². The summed E-state index contributed by atoms with van der Waals surface area (Å²) in [6.45, 7) is 6.50. The molecule has 0 atom stereocenters. The Bertz CT molecular complexity index is 1380. The Morgan fingerprint density at radius 2 is 1.83 bits per heavy atom. The Kier molecular flexibility index (Phi) is 6.99. The van der Waals surface area contributed by atoms with Crippen molar-refractivity contribution in [1.82, 2.24) is 29.7 Å². The second-order valence-corrected chi connectivity index (χ2v) is 9.27. The van der Waals surface area contributed by atoms with Crippen LogP contribution in [0.1, 0.15) is 12.7 Å². The van der Waals surface area contributed by atoms with E-state index in [1.54, 1.807) is 6.07 Å². The number of anilines is 5. The molecule has 4 aromatic rings. The first-order valence-corrected chi connectivity index (χ1v) is 12.1. The Balaban J connectivity index is 1.31. The number of benzene rings is 2. The number of likely N-dealkylation sites (N-methyl/N-ethyl adjacent to an activating group) is 1. The first kappa shape index (κ1) is 24.0. The van der Waals surface area contributed by atoms with Crippen LogP contribution in [0.15, 0.2) is 48.7 Å². The molecular weight excluding hydrogens is 478 g/mol. The molecule has 36 heavy (non-hydrogen) atoms. The zero-order valence-electron chi connectivity index (χ0n) is 20.2. The number of nitrogens with zero attached hydrogens (tertiary/aromatic N) is 5. The lowest BCUT2D eigenvalue weighted by Crippen LogP contribution is -2.44. The summed E-state index contributed by atoms with van der Waals surface area (Å²) >= 11 is 6.35. The van der Waals surface area contributed by atoms with Crippen LogP contribution in [0, 0.1) is 0 Å². The van der Waals surface area contributed by atoms with Gasteiger partial charge in [0, 0.05) is 38.8 Å². The lowest BCUT2D eigenvalue weighted by atomic mass is 10.2. The number of hydrogen-bond acceptors (Lipinski definition) is 8. The number of halogens is 1. The van der Waals surface area contributed by atoms with E-state index in [1.165, 1.54) is 13.1 Å². The van der Waals surface area contributed by atoms with Crippen molar-refractivity contribution in [3.63, 3.8) is 0 Å². The molecule has 0 saturated carbocycles. The number of aromatic amines is 1. The van der Waals surface area contributed by atoms with Crippen LogP contribution < -0.4 is 16.0 Å². The van der Waals surface area contributed by atoms with Gasteiger partial charge in [0.2, 0.25) is 11.9 Å². The summed E-state index contributed by atoms with van der Waals surface area (Å²) in [5.41, 5.74) is 3.99. The van der Waals surface area contributed by atoms with Gasteiger partial charge in [-0.05, 0) is 37.4 Å². The number of fused-ring (bicyclic) bond motifs is 1. The van der Waals surface area contributed by atoms with Crippen molar-refractivity contribution in [3.05, 3.63) is 59.5 Å². The molecule has 186 valence electrons. The maximum Gasteiger partial charge on any atom is 0.229 e. The SMILES string of the molecule is CC(=O)Nc1ccccc1Nc1nc(Nc2ccc3nc(CN4CCN(C)CC4)[nH]c3c2)ncc1Cl. The number of imidazole rings is 1. The van der Waals surface area contributed by atoms with Gasteiger partial charge < -0.3 is 25.8 Å². The molecule has 0 bridgehead atoms. The van der Waals surface area contributed by atoms with Gasteiger partial charge in [0.1, 0.15) is 10.8 Å². The highest BCUT2D eigenvalue weighted by Gasteiger charge is 2.16. The average Bonchev–Trinajstić information content (AvgIpc) is 3.25. The molecule has 2 aromatic carbocycles. The molecule has 1 saturated heterocycles. The van der Waals surface area contributed by atoms with E-state index in [0.717, 1.165) is 55.3 Å². The molecule has 4 N–H and O–H groups in total. The van der Waals surface area contributed by atoms with E-state index < -0.39 is 0 Å². The molecule has 0 unspecified atom stereocenters. The van der Waals surface area contributed by atoms with E-state index in [4.69, 9.17) is 16.6 Å². The van der Waals surface area contributed by atoms with Crippen LogP contribution in [0.4, 0.5) is 28.8 Å². The van der Waals surface area contributed by atoms with E-state index in [2.05, 4.69) is 47.7 Å². The first-order chi connectivity index (χ1) is 17.4. The number of H-pyrrole nitrogens is 1. The lowest BCUT2D eigenvalue weighted by molar-refractivity contribution is -0.114. The van der Waals surface area contributed by atoms with E-state index in [0.29, 0.717) is 28.2 Å². The summed E-state index contributed by atoms with van der Waals surface area (Å²) in [7, 11) is 2.15. The van der Waals surface area contributed by atoms with Crippen molar-refractivity contribution in [3.8, 4) is 0 Å². The van der Waals surface area contributed by atoms with Gasteiger partial charge in [-0.3, -0.25) is 9.69 Å². The van der Waals surface area contributed by atoms with Crippen LogP contribution in [0.25, 0.3) is 11.0 Å². The monoisotopic (exact) mass is 505 g/mol. The zero-order chi connectivity index (χ0) is 25.1. The fraction of sp³-hybridized carbons (Fsp3) is 0.280. The highest BCUT2D eigenvalue weighted by Crippen LogP contribution is 2.29. The molecule has 1 aliphatic rings. The van der Waals surface area contributed by atoms with Crippen LogP contribution in [0.5, 0.6) is 0 Å². The van der Waals surface area contributed by atoms with Gasteiger partial charge in [0.25, 0.3) is 0 Å². The van der Waals surface area contributed by atoms with Crippen LogP contribution >= 0.6 is 11.6 Å². The summed E-state index contributed by atoms with van der Waals surface area (Å²) in [5.74, 6) is 1.60. The van der Waals surface area contributed by atoms with Gasteiger partial charge in [-0.1, -0.05) is 23.7 Å². The molecule has 2 aromatic heterocycles. The highest BCUT2D eigenvalue weighted by atomic mass is 35.5. The normalized spacial score (nSPS) is 14.6. The lowest BCUT2D eigenvalue weighted by Gasteiger charge is -2.31. The van der Waals surface area contributed by atoms with Gasteiger partial charge in [0.15, 0.2) is 5.82 Å². The maximum atomic E-state index is 11.5. The van der Waals surface area contributed by atoms with Crippen molar-refractivity contribution < 1.29 is 4.79 Å². The van der Waals surface area contributed by atoms with Gasteiger partial charge in [-0.25, -0.2) is 9.97 Å². The minimum atomic E-state index is -0.165. The van der Waals surface area contributed by atoms with Gasteiger partial charge in [-0.15, -0.1) is 0 Å². The van der Waals surface area contributed by atoms with Crippen LogP contribution in [0.3, 0.4) is 0 Å². The second-order valence-electron chi connectivity index (χ2n) is 8.86. The molecule has 11 heteroatoms. The molecule has 1 amide bonds. The molecule has 1 aliphatic heterocycles. The van der Waals surface area contributed by atoms with E-state index in [-0.39, 0.29) is 5.91 Å². The Morgan fingerprint density at radius 1 is 1.06 bits per heavy atom. The summed E-state index contributed by atoms with van der Waals surface area (Å²) < 4.78 is 0. The number of carbonyl (C=O) groups excluding carboxylic acids is 1. The van der Waals surface area contributed by atoms with Crippen molar-refractivity contribution in [1.29, 1.82) is 0 Å². The second kappa shape index (κ2) is 10.5. The quantitative estimate of drug-likeness (QED) is 0.295. The molecule has 3 heterocycles. The van der Waals surface area contributed by atoms with E-state index in [1.807, 2.05) is 36.4 Å². The van der Waals surface area contributed by atoms with Crippen molar-refractivity contribution in [2.24, 2.45) is 0 Å². The number of nitrogens with one attached hydrogen (secondary N) is 4. The predicted molar refractivity (Wildman–Crippen MR) is 143 cm³/mol. The van der Waals surface area contributed by atoms with Gasteiger partial charge in [0.05, 0.1) is 35.1 Å². The zero-order valence-corrected chi connectivity index (χ0v) is 20.9. The number of amides is 1. The largest absolute Gasteiger partial charge is 0.341 e. The van der Waals surface area contributed by atoms with E-state index >= 15 is 0 Å². The number of carbonyl (C=O) groups is 1. The first-order valence-electron chi connectivity index (χ1n) is 11.8. The standard InChI is InChI=1S/C25H28ClN9O/c1-16(36)28-19-5-3-4-6-20(19)32-24-18(26)14-27-25(33-24)29-17-7-8-21-22(13-17)31-23(30-21)15-35-11-9-34(2)10-12-35/h3-8,13-14H,9-12,15H2,1-2H3,(H,28,36)(H,30,31)(H2,27,29,32,33). The molecular formula is C25H28ClN9O. The maximum absolute atomic E-state index is 11.5. The fourth-order valence-electron chi connectivity index (χ4n) is 4.10. The average molecular weight is 506 g/mol. The number of piperazine rings is 1. The minimum Gasteiger partial charge on any atom is -0.341 e. The Hall–Kier alpha value is -3.73. The third-order valence-corrected chi connectivity index (χ3v) is 6.27. The number of aromatic nitrogens is 4. The minimum absolute atomic E-state index is 0.165. The Morgan fingerprint density at radius 3 is 2.61 bits per heavy atom. The summed E-state index contributed by atoms with van der Waals surface area (Å²) in [6.07, 6.45) is 1.53. The fourth-order valence-corrected chi connectivity index (χ4v) is 4.23. The van der Waals surface area contributed by atoms with Gasteiger partial charge >= 0.3 is 0 Å². The van der Waals surface area contributed by atoms with Crippen LogP contribution in [0.2, 0.25) is 5.02 Å². The number of hydrogen-bond donors (Lipinski definition) is 4. The summed E-state index contributed by atoms with van der Waals surface area (Å²) in [5, 5.41) is 9.58. The molecule has 5 rings (SSSR count). The van der Waals surface area contributed by atoms with Crippen LogP contribution in [-0.4, -0.2) is 68.9 Å². The molecule has 10 nitrogen and oxygen atoms in total. The third-order valence-electron chi connectivity index (χ3n) is 5.99.